The van der Waals surface area contributed by atoms with Crippen molar-refractivity contribution in [2.45, 2.75) is 20.0 Å². The zero-order chi connectivity index (χ0) is 14.7. The fourth-order valence-electron chi connectivity index (χ4n) is 2.00. The second-order valence-electron chi connectivity index (χ2n) is 4.76. The molecule has 0 bridgehead atoms. The minimum absolute atomic E-state index is 0.0644. The van der Waals surface area contributed by atoms with E-state index in [1.807, 2.05) is 37.1 Å². The van der Waals surface area contributed by atoms with Crippen LogP contribution in [-0.2, 0) is 13.1 Å². The van der Waals surface area contributed by atoms with Gasteiger partial charge in [-0.15, -0.1) is 0 Å². The molecule has 106 valence electrons. The Kier molecular flexibility index (Phi) is 4.83. The first kappa shape index (κ1) is 15.1. The lowest BCUT2D eigenvalue weighted by atomic mass is 10.2. The lowest BCUT2D eigenvalue weighted by molar-refractivity contribution is 0.303. The summed E-state index contributed by atoms with van der Waals surface area (Å²) in [6, 6.07) is 8.37. The van der Waals surface area contributed by atoms with Gasteiger partial charge in [0.1, 0.15) is 11.6 Å². The van der Waals surface area contributed by atoms with Crippen LogP contribution in [0.3, 0.4) is 0 Å². The Bertz CT molecular complexity index is 617. The number of nitrogens with zero attached hydrogens (tertiary/aromatic N) is 2. The Morgan fingerprint density at radius 3 is 2.60 bits per heavy atom. The fraction of sp³-hybridized carbons (Fsp3) is 0.267. The van der Waals surface area contributed by atoms with E-state index < -0.39 is 11.6 Å². The molecule has 0 spiro atoms. The van der Waals surface area contributed by atoms with Gasteiger partial charge < -0.3 is 0 Å². The molecule has 0 amide bonds. The SMILES string of the molecule is Cc1cccc(CN(C)Cc2c(F)ccc(Br)c2F)n1. The summed E-state index contributed by atoms with van der Waals surface area (Å²) in [5, 5.41) is 0. The van der Waals surface area contributed by atoms with Gasteiger partial charge in [0.15, 0.2) is 0 Å². The second kappa shape index (κ2) is 6.41. The summed E-state index contributed by atoms with van der Waals surface area (Å²) in [7, 11) is 1.81. The van der Waals surface area contributed by atoms with Crippen LogP contribution in [-0.4, -0.2) is 16.9 Å². The van der Waals surface area contributed by atoms with E-state index in [1.54, 1.807) is 0 Å². The van der Waals surface area contributed by atoms with Crippen molar-refractivity contribution in [1.82, 2.24) is 9.88 Å². The Morgan fingerprint density at radius 2 is 1.90 bits per heavy atom. The molecule has 0 aliphatic rings. The maximum atomic E-state index is 13.9. The van der Waals surface area contributed by atoms with Gasteiger partial charge in [0.05, 0.1) is 10.2 Å². The van der Waals surface area contributed by atoms with E-state index in [0.29, 0.717) is 6.54 Å². The van der Waals surface area contributed by atoms with E-state index in [-0.39, 0.29) is 16.6 Å². The predicted octanol–water partition coefficient (Wildman–Crippen LogP) is 4.06. The van der Waals surface area contributed by atoms with Crippen LogP contribution in [0, 0.1) is 18.6 Å². The Balaban J connectivity index is 2.12. The smallest absolute Gasteiger partial charge is 0.144 e. The van der Waals surface area contributed by atoms with Gasteiger partial charge >= 0.3 is 0 Å². The third kappa shape index (κ3) is 3.61. The summed E-state index contributed by atoms with van der Waals surface area (Å²) in [6.07, 6.45) is 0. The van der Waals surface area contributed by atoms with Gasteiger partial charge in [-0.3, -0.25) is 9.88 Å². The zero-order valence-corrected chi connectivity index (χ0v) is 12.9. The Hall–Kier alpha value is -1.33. The standard InChI is InChI=1S/C15H15BrF2N2/c1-10-4-3-5-11(19-10)8-20(2)9-12-14(17)7-6-13(16)15(12)18/h3-7H,8-9H2,1-2H3. The number of pyridine rings is 1. The first-order valence-corrected chi connectivity index (χ1v) is 7.00. The van der Waals surface area contributed by atoms with Gasteiger partial charge in [-0.2, -0.15) is 0 Å². The second-order valence-corrected chi connectivity index (χ2v) is 5.62. The van der Waals surface area contributed by atoms with Crippen molar-refractivity contribution >= 4 is 15.9 Å². The summed E-state index contributed by atoms with van der Waals surface area (Å²) < 4.78 is 27.9. The topological polar surface area (TPSA) is 16.1 Å². The van der Waals surface area contributed by atoms with Crippen LogP contribution in [0.5, 0.6) is 0 Å². The quantitative estimate of drug-likeness (QED) is 0.780. The van der Waals surface area contributed by atoms with Crippen molar-refractivity contribution in [1.29, 1.82) is 0 Å². The molecular weight excluding hydrogens is 326 g/mol. The molecule has 5 heteroatoms. The van der Waals surface area contributed by atoms with Gasteiger partial charge in [-0.05, 0) is 54.2 Å². The third-order valence-corrected chi connectivity index (χ3v) is 3.56. The molecule has 1 aromatic carbocycles. The molecule has 0 aliphatic carbocycles. The molecule has 0 N–H and O–H groups in total. The molecule has 0 aliphatic heterocycles. The monoisotopic (exact) mass is 340 g/mol. The van der Waals surface area contributed by atoms with Crippen LogP contribution in [0.15, 0.2) is 34.8 Å². The fourth-order valence-corrected chi connectivity index (χ4v) is 2.38. The number of benzene rings is 1. The molecule has 1 aromatic heterocycles. The number of halogens is 3. The first-order valence-electron chi connectivity index (χ1n) is 6.21. The maximum absolute atomic E-state index is 13.9. The van der Waals surface area contributed by atoms with Gasteiger partial charge in [-0.25, -0.2) is 8.78 Å². The molecule has 20 heavy (non-hydrogen) atoms. The minimum Gasteiger partial charge on any atom is -0.296 e. The highest BCUT2D eigenvalue weighted by Gasteiger charge is 2.14. The number of hydrogen-bond donors (Lipinski definition) is 0. The number of rotatable bonds is 4. The molecule has 0 saturated heterocycles. The highest BCUT2D eigenvalue weighted by Crippen LogP contribution is 2.22. The minimum atomic E-state index is -0.547. The molecule has 0 saturated carbocycles. The van der Waals surface area contributed by atoms with Crippen molar-refractivity contribution in [3.05, 3.63) is 63.4 Å². The Morgan fingerprint density at radius 1 is 1.15 bits per heavy atom. The first-order chi connectivity index (χ1) is 9.47. The van der Waals surface area contributed by atoms with E-state index in [9.17, 15) is 8.78 Å². The van der Waals surface area contributed by atoms with Crippen molar-refractivity contribution in [2.75, 3.05) is 7.05 Å². The molecule has 0 radical (unpaired) electrons. The molecule has 2 aromatic rings. The van der Waals surface area contributed by atoms with Gasteiger partial charge in [0.2, 0.25) is 0 Å². The third-order valence-electron chi connectivity index (χ3n) is 2.94. The van der Waals surface area contributed by atoms with Crippen molar-refractivity contribution in [3.63, 3.8) is 0 Å². The Labute approximate surface area is 125 Å². The van der Waals surface area contributed by atoms with Crippen LogP contribution >= 0.6 is 15.9 Å². The number of aromatic nitrogens is 1. The summed E-state index contributed by atoms with van der Waals surface area (Å²) >= 11 is 3.07. The number of hydrogen-bond acceptors (Lipinski definition) is 2. The lowest BCUT2D eigenvalue weighted by Crippen LogP contribution is -2.20. The summed E-state index contributed by atoms with van der Waals surface area (Å²) in [5.41, 5.74) is 1.87. The van der Waals surface area contributed by atoms with Crippen molar-refractivity contribution < 1.29 is 8.78 Å². The van der Waals surface area contributed by atoms with Gasteiger partial charge in [0.25, 0.3) is 0 Å². The molecule has 0 fully saturated rings. The van der Waals surface area contributed by atoms with Gasteiger partial charge in [0, 0.05) is 24.3 Å². The van der Waals surface area contributed by atoms with Gasteiger partial charge in [-0.1, -0.05) is 6.07 Å². The van der Waals surface area contributed by atoms with E-state index >= 15 is 0 Å². The summed E-state index contributed by atoms with van der Waals surface area (Å²) in [6.45, 7) is 2.64. The van der Waals surface area contributed by atoms with Crippen molar-refractivity contribution in [3.8, 4) is 0 Å². The van der Waals surface area contributed by atoms with E-state index in [1.165, 1.54) is 12.1 Å². The molecule has 1 heterocycles. The highest BCUT2D eigenvalue weighted by atomic mass is 79.9. The lowest BCUT2D eigenvalue weighted by Gasteiger charge is -2.17. The predicted molar refractivity (Wildman–Crippen MR) is 78.2 cm³/mol. The van der Waals surface area contributed by atoms with Crippen LogP contribution in [0.25, 0.3) is 0 Å². The average molecular weight is 341 g/mol. The highest BCUT2D eigenvalue weighted by molar-refractivity contribution is 9.10. The van der Waals surface area contributed by atoms with E-state index in [0.717, 1.165) is 11.4 Å². The maximum Gasteiger partial charge on any atom is 0.144 e. The van der Waals surface area contributed by atoms with Crippen LogP contribution in [0.1, 0.15) is 17.0 Å². The van der Waals surface area contributed by atoms with E-state index in [4.69, 9.17) is 0 Å². The molecule has 2 rings (SSSR count). The summed E-state index contributed by atoms with van der Waals surface area (Å²) in [4.78, 5) is 6.21. The average Bonchev–Trinajstić information content (AvgIpc) is 2.39. The normalized spacial score (nSPS) is 11.1. The van der Waals surface area contributed by atoms with E-state index in [2.05, 4.69) is 20.9 Å². The molecule has 0 unspecified atom stereocenters. The molecule has 0 atom stereocenters. The zero-order valence-electron chi connectivity index (χ0n) is 11.3. The largest absolute Gasteiger partial charge is 0.296 e. The van der Waals surface area contributed by atoms with Crippen LogP contribution < -0.4 is 0 Å². The van der Waals surface area contributed by atoms with Crippen LogP contribution in [0.2, 0.25) is 0 Å². The molecule has 2 nitrogen and oxygen atoms in total. The van der Waals surface area contributed by atoms with Crippen LogP contribution in [0.4, 0.5) is 8.78 Å². The molecular formula is C15H15BrF2N2. The summed E-state index contributed by atoms with van der Waals surface area (Å²) in [5.74, 6) is -1.08. The van der Waals surface area contributed by atoms with Crippen molar-refractivity contribution in [2.24, 2.45) is 0 Å². The number of aryl methyl sites for hydroxylation is 1.